The van der Waals surface area contributed by atoms with Crippen LogP contribution in [0.1, 0.15) is 30.4 Å². The molecule has 2 aromatic carbocycles. The van der Waals surface area contributed by atoms with Gasteiger partial charge in [-0.05, 0) is 41.9 Å². The van der Waals surface area contributed by atoms with Crippen molar-refractivity contribution in [1.82, 2.24) is 0 Å². The number of ether oxygens (including phenoxy) is 1. The maximum atomic E-state index is 5.71. The molecule has 0 radical (unpaired) electrons. The summed E-state index contributed by atoms with van der Waals surface area (Å²) in [6.07, 6.45) is 10.6. The van der Waals surface area contributed by atoms with Crippen molar-refractivity contribution in [2.45, 2.75) is 25.9 Å². The minimum Gasteiger partial charge on any atom is -0.373 e. The Morgan fingerprint density at radius 3 is 2.48 bits per heavy atom. The average molecular weight is 304 g/mol. The van der Waals surface area contributed by atoms with E-state index in [1.54, 1.807) is 0 Å². The van der Waals surface area contributed by atoms with E-state index in [2.05, 4.69) is 60.7 Å². The Kier molecular flexibility index (Phi) is 5.82. The molecule has 0 bridgehead atoms. The summed E-state index contributed by atoms with van der Waals surface area (Å²) in [6.45, 7) is 1.36. The van der Waals surface area contributed by atoms with Crippen LogP contribution in [0.5, 0.6) is 0 Å². The molecule has 1 heteroatoms. The number of hydrogen-bond acceptors (Lipinski definition) is 1. The van der Waals surface area contributed by atoms with E-state index in [-0.39, 0.29) is 0 Å². The molecule has 1 nitrogen and oxygen atoms in total. The zero-order valence-corrected chi connectivity index (χ0v) is 13.5. The molecule has 0 heterocycles. The van der Waals surface area contributed by atoms with Crippen LogP contribution in [0.3, 0.4) is 0 Å². The van der Waals surface area contributed by atoms with Crippen LogP contribution < -0.4 is 0 Å². The largest absolute Gasteiger partial charge is 0.373 e. The molecule has 0 N–H and O–H groups in total. The van der Waals surface area contributed by atoms with Crippen LogP contribution in [0.2, 0.25) is 0 Å². The van der Waals surface area contributed by atoms with Gasteiger partial charge in [-0.2, -0.15) is 0 Å². The van der Waals surface area contributed by atoms with Gasteiger partial charge in [0.1, 0.15) is 0 Å². The summed E-state index contributed by atoms with van der Waals surface area (Å²) in [5.74, 6) is 0.541. The maximum Gasteiger partial charge on any atom is 0.0721 e. The molecule has 23 heavy (non-hydrogen) atoms. The maximum absolute atomic E-state index is 5.71. The molecular formula is C22H24O. The fourth-order valence-electron chi connectivity index (χ4n) is 3.05. The van der Waals surface area contributed by atoms with Crippen molar-refractivity contribution >= 4 is 5.57 Å². The molecule has 1 unspecified atom stereocenters. The van der Waals surface area contributed by atoms with Gasteiger partial charge in [0.05, 0.1) is 13.2 Å². The molecule has 0 saturated heterocycles. The van der Waals surface area contributed by atoms with Crippen molar-refractivity contribution in [1.29, 1.82) is 0 Å². The third kappa shape index (κ3) is 4.94. The van der Waals surface area contributed by atoms with Gasteiger partial charge in [-0.15, -0.1) is 0 Å². The van der Waals surface area contributed by atoms with Gasteiger partial charge in [-0.25, -0.2) is 0 Å². The van der Waals surface area contributed by atoms with Crippen LogP contribution in [0, 0.1) is 5.92 Å². The quantitative estimate of drug-likeness (QED) is 0.495. The first kappa shape index (κ1) is 15.8. The van der Waals surface area contributed by atoms with Gasteiger partial charge in [0.2, 0.25) is 0 Å². The number of benzene rings is 2. The molecule has 1 aliphatic rings. The molecule has 0 spiro atoms. The van der Waals surface area contributed by atoms with Crippen LogP contribution in [-0.2, 0) is 11.3 Å². The molecule has 1 atom stereocenters. The Morgan fingerprint density at radius 1 is 0.957 bits per heavy atom. The first-order valence-corrected chi connectivity index (χ1v) is 8.46. The second kappa shape index (κ2) is 8.50. The topological polar surface area (TPSA) is 9.23 Å². The minimum atomic E-state index is 0.541. The molecule has 0 fully saturated rings. The summed E-state index contributed by atoms with van der Waals surface area (Å²) >= 11 is 0. The highest BCUT2D eigenvalue weighted by Gasteiger charge is 2.12. The first-order valence-electron chi connectivity index (χ1n) is 8.46. The van der Waals surface area contributed by atoms with Gasteiger partial charge < -0.3 is 4.74 Å². The molecule has 0 saturated carbocycles. The smallest absolute Gasteiger partial charge is 0.0721 e. The summed E-state index contributed by atoms with van der Waals surface area (Å²) in [6, 6.07) is 21.1. The lowest BCUT2D eigenvalue weighted by Crippen LogP contribution is -2.02. The van der Waals surface area contributed by atoms with Crippen molar-refractivity contribution in [3.63, 3.8) is 0 Å². The fraction of sp³-hybridized carbons (Fsp3) is 0.273. The average Bonchev–Trinajstić information content (AvgIpc) is 2.63. The van der Waals surface area contributed by atoms with Gasteiger partial charge in [-0.1, -0.05) is 78.9 Å². The highest BCUT2D eigenvalue weighted by Crippen LogP contribution is 2.30. The zero-order chi connectivity index (χ0) is 15.7. The van der Waals surface area contributed by atoms with Gasteiger partial charge >= 0.3 is 0 Å². The van der Waals surface area contributed by atoms with Crippen molar-refractivity contribution in [2.24, 2.45) is 5.92 Å². The summed E-state index contributed by atoms with van der Waals surface area (Å²) < 4.78 is 5.71. The molecule has 2 aromatic rings. The second-order valence-corrected chi connectivity index (χ2v) is 6.04. The van der Waals surface area contributed by atoms with Crippen molar-refractivity contribution in [3.05, 3.63) is 90.0 Å². The molecule has 1 aliphatic carbocycles. The lowest BCUT2D eigenvalue weighted by atomic mass is 9.87. The number of hydrogen-bond donors (Lipinski definition) is 0. The lowest BCUT2D eigenvalue weighted by Gasteiger charge is -2.19. The third-order valence-corrected chi connectivity index (χ3v) is 4.25. The van der Waals surface area contributed by atoms with Crippen LogP contribution in [0.25, 0.3) is 5.57 Å². The van der Waals surface area contributed by atoms with Gasteiger partial charge in [0, 0.05) is 0 Å². The first-order chi connectivity index (χ1) is 11.4. The summed E-state index contributed by atoms with van der Waals surface area (Å²) in [5.41, 5.74) is 4.08. The normalized spacial score (nSPS) is 18.1. The Morgan fingerprint density at radius 2 is 1.70 bits per heavy atom. The Balaban J connectivity index is 1.49. The minimum absolute atomic E-state index is 0.541. The van der Waals surface area contributed by atoms with Gasteiger partial charge in [0.25, 0.3) is 0 Å². The zero-order valence-electron chi connectivity index (χ0n) is 13.5. The number of rotatable bonds is 6. The number of allylic oxidation sites excluding steroid dienone is 3. The van der Waals surface area contributed by atoms with E-state index in [4.69, 9.17) is 4.74 Å². The van der Waals surface area contributed by atoms with E-state index in [9.17, 15) is 0 Å². The van der Waals surface area contributed by atoms with Gasteiger partial charge in [0.15, 0.2) is 0 Å². The Hall–Kier alpha value is -2.12. The van der Waals surface area contributed by atoms with Crippen LogP contribution in [0.15, 0.2) is 78.9 Å². The lowest BCUT2D eigenvalue weighted by molar-refractivity contribution is 0.148. The van der Waals surface area contributed by atoms with Crippen molar-refractivity contribution < 1.29 is 4.74 Å². The predicted octanol–water partition coefficient (Wildman–Crippen LogP) is 5.64. The molecular weight excluding hydrogens is 280 g/mol. The van der Waals surface area contributed by atoms with Crippen LogP contribution in [-0.4, -0.2) is 6.61 Å². The summed E-state index contributed by atoms with van der Waals surface area (Å²) in [7, 11) is 0. The van der Waals surface area contributed by atoms with E-state index in [0.717, 1.165) is 0 Å². The van der Waals surface area contributed by atoms with E-state index in [1.165, 1.54) is 36.0 Å². The Labute approximate surface area is 139 Å². The van der Waals surface area contributed by atoms with E-state index < -0.39 is 0 Å². The summed E-state index contributed by atoms with van der Waals surface area (Å²) in [4.78, 5) is 0. The monoisotopic (exact) mass is 304 g/mol. The predicted molar refractivity (Wildman–Crippen MR) is 97.0 cm³/mol. The van der Waals surface area contributed by atoms with Crippen molar-refractivity contribution in [2.75, 3.05) is 6.61 Å². The molecule has 3 rings (SSSR count). The molecule has 0 aliphatic heterocycles. The highest BCUT2D eigenvalue weighted by atomic mass is 16.5. The van der Waals surface area contributed by atoms with E-state index in [1.807, 2.05) is 18.2 Å². The second-order valence-electron chi connectivity index (χ2n) is 6.04. The highest BCUT2D eigenvalue weighted by molar-refractivity contribution is 5.66. The van der Waals surface area contributed by atoms with E-state index >= 15 is 0 Å². The van der Waals surface area contributed by atoms with Crippen LogP contribution in [0.4, 0.5) is 0 Å². The van der Waals surface area contributed by atoms with Crippen LogP contribution >= 0.6 is 0 Å². The SMILES string of the molecule is C1=C(c2ccccc2)CCCC1/C=C/COCc1ccccc1. The standard InChI is InChI=1S/C22H24O/c1-3-9-20(10-4-1)18-23-16-8-12-19-11-7-15-22(17-19)21-13-5-2-6-14-21/h1-6,8-10,12-14,17,19H,7,11,15-16,18H2/b12-8+. The van der Waals surface area contributed by atoms with Gasteiger partial charge in [-0.3, -0.25) is 0 Å². The Bertz CT molecular complexity index is 640. The molecule has 118 valence electrons. The molecule has 0 aromatic heterocycles. The van der Waals surface area contributed by atoms with Crippen molar-refractivity contribution in [3.8, 4) is 0 Å². The fourth-order valence-corrected chi connectivity index (χ4v) is 3.05. The molecule has 0 amide bonds. The van der Waals surface area contributed by atoms with E-state index in [0.29, 0.717) is 19.1 Å². The third-order valence-electron chi connectivity index (χ3n) is 4.25. The summed E-state index contributed by atoms with van der Waals surface area (Å²) in [5, 5.41) is 0.